The van der Waals surface area contributed by atoms with Crippen molar-refractivity contribution in [3.63, 3.8) is 0 Å². The van der Waals surface area contributed by atoms with E-state index < -0.39 is 0 Å². The van der Waals surface area contributed by atoms with Crippen LogP contribution in [0.5, 0.6) is 11.5 Å². The Morgan fingerprint density at radius 1 is 0.905 bits per heavy atom. The predicted octanol–water partition coefficient (Wildman–Crippen LogP) is 4.17. The highest BCUT2D eigenvalue weighted by molar-refractivity contribution is 5.97. The van der Waals surface area contributed by atoms with Gasteiger partial charge in [0.1, 0.15) is 11.5 Å². The summed E-state index contributed by atoms with van der Waals surface area (Å²) in [7, 11) is 1.68. The molecule has 0 atom stereocenters. The van der Waals surface area contributed by atoms with Crippen molar-refractivity contribution < 1.29 is 9.84 Å². The van der Waals surface area contributed by atoms with Crippen LogP contribution in [-0.2, 0) is 6.54 Å². The summed E-state index contributed by atoms with van der Waals surface area (Å²) in [5.41, 5.74) is 2.09. The minimum atomic E-state index is 0.299. The van der Waals surface area contributed by atoms with E-state index in [9.17, 15) is 5.11 Å². The lowest BCUT2D eigenvalue weighted by atomic mass is 10.1. The fourth-order valence-electron chi connectivity index (χ4n) is 2.49. The number of para-hydroxylation sites is 1. The van der Waals surface area contributed by atoms with Crippen LogP contribution in [0.4, 0.5) is 5.69 Å². The topological polar surface area (TPSA) is 41.5 Å². The molecular weight excluding hydrogens is 262 g/mol. The number of fused-ring (bicyclic) bond motifs is 1. The number of phenolic OH excluding ortho intramolecular Hbond substituents is 1. The Morgan fingerprint density at radius 3 is 2.52 bits per heavy atom. The molecule has 0 heterocycles. The highest BCUT2D eigenvalue weighted by Gasteiger charge is 2.05. The summed E-state index contributed by atoms with van der Waals surface area (Å²) in [4.78, 5) is 0. The normalized spacial score (nSPS) is 10.5. The van der Waals surface area contributed by atoms with E-state index in [2.05, 4.69) is 5.32 Å². The lowest BCUT2D eigenvalue weighted by molar-refractivity contribution is 0.410. The summed E-state index contributed by atoms with van der Waals surface area (Å²) in [6, 6.07) is 19.4. The first kappa shape index (κ1) is 13.3. The van der Waals surface area contributed by atoms with Gasteiger partial charge in [0.15, 0.2) is 0 Å². The van der Waals surface area contributed by atoms with Crippen LogP contribution in [0.2, 0.25) is 0 Å². The molecule has 106 valence electrons. The van der Waals surface area contributed by atoms with Gasteiger partial charge in [-0.25, -0.2) is 0 Å². The van der Waals surface area contributed by atoms with Gasteiger partial charge in [-0.2, -0.15) is 0 Å². The van der Waals surface area contributed by atoms with Gasteiger partial charge >= 0.3 is 0 Å². The average molecular weight is 279 g/mol. The first-order valence-electron chi connectivity index (χ1n) is 6.86. The van der Waals surface area contributed by atoms with Gasteiger partial charge in [-0.1, -0.05) is 42.5 Å². The molecule has 0 fully saturated rings. The second-order valence-electron chi connectivity index (χ2n) is 4.84. The summed E-state index contributed by atoms with van der Waals surface area (Å²) in [6.07, 6.45) is 0. The largest absolute Gasteiger partial charge is 0.507 e. The highest BCUT2D eigenvalue weighted by atomic mass is 16.5. The van der Waals surface area contributed by atoms with Crippen molar-refractivity contribution >= 4 is 16.5 Å². The molecule has 0 unspecified atom stereocenters. The van der Waals surface area contributed by atoms with E-state index >= 15 is 0 Å². The number of ether oxygens (including phenoxy) is 1. The smallest absolute Gasteiger partial charge is 0.123 e. The van der Waals surface area contributed by atoms with E-state index in [1.807, 2.05) is 54.6 Å². The van der Waals surface area contributed by atoms with Crippen molar-refractivity contribution in [2.45, 2.75) is 6.54 Å². The molecule has 0 spiro atoms. The maximum Gasteiger partial charge on any atom is 0.123 e. The summed E-state index contributed by atoms with van der Waals surface area (Å²) < 4.78 is 5.36. The maximum absolute atomic E-state index is 9.92. The molecule has 0 amide bonds. The van der Waals surface area contributed by atoms with Gasteiger partial charge in [0.05, 0.1) is 7.11 Å². The Bertz CT molecular complexity index is 768. The van der Waals surface area contributed by atoms with Crippen molar-refractivity contribution in [2.75, 3.05) is 12.4 Å². The zero-order valence-corrected chi connectivity index (χ0v) is 11.8. The van der Waals surface area contributed by atoms with Crippen molar-refractivity contribution in [1.29, 1.82) is 0 Å². The minimum absolute atomic E-state index is 0.299. The summed E-state index contributed by atoms with van der Waals surface area (Å²) >= 11 is 0. The van der Waals surface area contributed by atoms with Gasteiger partial charge in [0, 0.05) is 28.6 Å². The molecule has 2 N–H and O–H groups in total. The van der Waals surface area contributed by atoms with E-state index in [1.165, 1.54) is 0 Å². The van der Waals surface area contributed by atoms with Crippen molar-refractivity contribution in [1.82, 2.24) is 0 Å². The van der Waals surface area contributed by atoms with Crippen LogP contribution in [0.1, 0.15) is 5.56 Å². The lowest BCUT2D eigenvalue weighted by Crippen LogP contribution is -2.02. The van der Waals surface area contributed by atoms with Gasteiger partial charge < -0.3 is 15.2 Å². The fourth-order valence-corrected chi connectivity index (χ4v) is 2.49. The van der Waals surface area contributed by atoms with Gasteiger partial charge in [0.2, 0.25) is 0 Å². The molecule has 3 aromatic rings. The summed E-state index contributed by atoms with van der Waals surface area (Å²) in [6.45, 7) is 0.665. The van der Waals surface area contributed by atoms with Crippen LogP contribution in [0.15, 0.2) is 60.7 Å². The minimum Gasteiger partial charge on any atom is -0.507 e. The van der Waals surface area contributed by atoms with Gasteiger partial charge in [-0.15, -0.1) is 0 Å². The van der Waals surface area contributed by atoms with Gasteiger partial charge in [0.25, 0.3) is 0 Å². The lowest BCUT2D eigenvalue weighted by Gasteiger charge is -2.12. The second-order valence-corrected chi connectivity index (χ2v) is 4.84. The molecule has 21 heavy (non-hydrogen) atoms. The van der Waals surface area contributed by atoms with Crippen LogP contribution in [0, 0.1) is 0 Å². The molecular formula is C18H17NO2. The predicted molar refractivity (Wildman–Crippen MR) is 85.9 cm³/mol. The van der Waals surface area contributed by atoms with Crippen LogP contribution in [0.25, 0.3) is 10.8 Å². The van der Waals surface area contributed by atoms with E-state index in [-0.39, 0.29) is 0 Å². The molecule has 0 radical (unpaired) electrons. The second kappa shape index (κ2) is 5.75. The van der Waals surface area contributed by atoms with E-state index in [1.54, 1.807) is 13.2 Å². The molecule has 0 aliphatic heterocycles. The Balaban J connectivity index is 1.91. The molecule has 3 heteroatoms. The molecule has 3 nitrogen and oxygen atoms in total. The molecule has 0 saturated heterocycles. The Morgan fingerprint density at radius 2 is 1.67 bits per heavy atom. The zero-order chi connectivity index (χ0) is 14.7. The first-order valence-corrected chi connectivity index (χ1v) is 6.86. The van der Waals surface area contributed by atoms with Crippen molar-refractivity contribution in [2.24, 2.45) is 0 Å². The third kappa shape index (κ3) is 2.63. The SMILES string of the molecule is COc1ccccc1CNc1cccc2c(O)cccc12. The number of rotatable bonds is 4. The molecule has 0 bridgehead atoms. The molecule has 3 aromatic carbocycles. The first-order chi connectivity index (χ1) is 10.3. The number of methoxy groups -OCH3 is 1. The summed E-state index contributed by atoms with van der Waals surface area (Å²) in [5, 5.41) is 15.2. The third-order valence-corrected chi connectivity index (χ3v) is 3.56. The molecule has 3 rings (SSSR count). The van der Waals surface area contributed by atoms with E-state index in [0.29, 0.717) is 12.3 Å². The Labute approximate surface area is 123 Å². The quantitative estimate of drug-likeness (QED) is 0.753. The molecule has 0 aliphatic rings. The highest BCUT2D eigenvalue weighted by Crippen LogP contribution is 2.30. The Kier molecular flexibility index (Phi) is 3.65. The van der Waals surface area contributed by atoms with Crippen molar-refractivity contribution in [3.05, 3.63) is 66.2 Å². The van der Waals surface area contributed by atoms with E-state index in [4.69, 9.17) is 4.74 Å². The van der Waals surface area contributed by atoms with Crippen LogP contribution in [-0.4, -0.2) is 12.2 Å². The molecule has 0 saturated carbocycles. The number of hydrogen-bond donors (Lipinski definition) is 2. The number of phenols is 1. The fraction of sp³-hybridized carbons (Fsp3) is 0.111. The van der Waals surface area contributed by atoms with Gasteiger partial charge in [-0.3, -0.25) is 0 Å². The summed E-state index contributed by atoms with van der Waals surface area (Å²) in [5.74, 6) is 1.17. The van der Waals surface area contributed by atoms with Crippen LogP contribution >= 0.6 is 0 Å². The third-order valence-electron chi connectivity index (χ3n) is 3.56. The van der Waals surface area contributed by atoms with Crippen LogP contribution in [0.3, 0.4) is 0 Å². The van der Waals surface area contributed by atoms with Crippen LogP contribution < -0.4 is 10.1 Å². The number of hydrogen-bond acceptors (Lipinski definition) is 3. The zero-order valence-electron chi connectivity index (χ0n) is 11.8. The average Bonchev–Trinajstić information content (AvgIpc) is 2.53. The standard InChI is InChI=1S/C18H17NO2/c1-21-18-11-3-2-6-13(18)12-19-16-9-4-8-15-14(16)7-5-10-17(15)20/h2-11,19-20H,12H2,1H3. The molecule has 0 aliphatic carbocycles. The number of nitrogens with one attached hydrogen (secondary N) is 1. The number of anilines is 1. The maximum atomic E-state index is 9.92. The van der Waals surface area contributed by atoms with Crippen molar-refractivity contribution in [3.8, 4) is 11.5 Å². The van der Waals surface area contributed by atoms with Gasteiger partial charge in [-0.05, 0) is 18.2 Å². The monoisotopic (exact) mass is 279 g/mol. The van der Waals surface area contributed by atoms with E-state index in [0.717, 1.165) is 27.8 Å². The number of benzene rings is 3. The molecule has 0 aromatic heterocycles. The number of aromatic hydroxyl groups is 1. The Hall–Kier alpha value is -2.68.